The minimum Gasteiger partial charge on any atom is -0.394 e. The first-order valence-corrected chi connectivity index (χ1v) is 4.04. The van der Waals surface area contributed by atoms with Gasteiger partial charge in [0.1, 0.15) is 0 Å². The zero-order valence-corrected chi connectivity index (χ0v) is 7.35. The van der Waals surface area contributed by atoms with E-state index in [2.05, 4.69) is 0 Å². The van der Waals surface area contributed by atoms with Gasteiger partial charge in [-0.1, -0.05) is 36.5 Å². The maximum atomic E-state index is 8.92. The number of aliphatic hydroxyl groups excluding tert-OH is 2. The van der Waals surface area contributed by atoms with E-state index in [4.69, 9.17) is 10.2 Å². The molecule has 0 rings (SSSR count). The molecule has 0 radical (unpaired) electrons. The molecule has 0 aliphatic carbocycles. The Morgan fingerprint density at radius 3 is 2.42 bits per heavy atom. The van der Waals surface area contributed by atoms with Crippen LogP contribution in [0.25, 0.3) is 0 Å². The summed E-state index contributed by atoms with van der Waals surface area (Å²) in [6, 6.07) is 0. The van der Waals surface area contributed by atoms with E-state index in [0.29, 0.717) is 6.42 Å². The molecule has 0 aliphatic rings. The van der Waals surface area contributed by atoms with Gasteiger partial charge in [0.05, 0.1) is 12.7 Å². The third kappa shape index (κ3) is 7.25. The first kappa shape index (κ1) is 11.1. The summed E-state index contributed by atoms with van der Waals surface area (Å²) in [7, 11) is 0. The van der Waals surface area contributed by atoms with Crippen molar-refractivity contribution in [2.75, 3.05) is 6.61 Å². The van der Waals surface area contributed by atoms with Crippen LogP contribution in [0.5, 0.6) is 0 Å². The number of hydrogen-bond donors (Lipinski definition) is 2. The monoisotopic (exact) mass is 168 g/mol. The highest BCUT2D eigenvalue weighted by molar-refractivity contribution is 5.10. The summed E-state index contributed by atoms with van der Waals surface area (Å²) in [6.45, 7) is 1.77. The molecule has 0 aliphatic heterocycles. The molecule has 2 N–H and O–H groups in total. The molecule has 2 heteroatoms. The minimum absolute atomic E-state index is 0.178. The van der Waals surface area contributed by atoms with Gasteiger partial charge in [0.25, 0.3) is 0 Å². The predicted molar refractivity (Wildman–Crippen MR) is 50.8 cm³/mol. The topological polar surface area (TPSA) is 40.5 Å². The van der Waals surface area contributed by atoms with E-state index < -0.39 is 6.10 Å². The number of rotatable bonds is 5. The molecule has 2 nitrogen and oxygen atoms in total. The first-order chi connectivity index (χ1) is 5.81. The lowest BCUT2D eigenvalue weighted by Gasteiger charge is -1.99. The highest BCUT2D eigenvalue weighted by Crippen LogP contribution is 1.91. The van der Waals surface area contributed by atoms with Gasteiger partial charge in [0, 0.05) is 0 Å². The molecule has 0 saturated carbocycles. The Kier molecular flexibility index (Phi) is 7.65. The molecule has 0 aromatic carbocycles. The fourth-order valence-corrected chi connectivity index (χ4v) is 0.628. The van der Waals surface area contributed by atoms with Crippen molar-refractivity contribution in [3.8, 4) is 0 Å². The zero-order chi connectivity index (χ0) is 9.23. The second-order valence-corrected chi connectivity index (χ2v) is 2.41. The lowest BCUT2D eigenvalue weighted by Crippen LogP contribution is -2.09. The van der Waals surface area contributed by atoms with E-state index in [0.717, 1.165) is 0 Å². The fraction of sp³-hybridized carbons (Fsp3) is 0.400. The van der Waals surface area contributed by atoms with Gasteiger partial charge >= 0.3 is 0 Å². The first-order valence-electron chi connectivity index (χ1n) is 4.04. The summed E-state index contributed by atoms with van der Waals surface area (Å²) >= 11 is 0. The van der Waals surface area contributed by atoms with Gasteiger partial charge in [-0.3, -0.25) is 0 Å². The summed E-state index contributed by atoms with van der Waals surface area (Å²) in [5, 5.41) is 17.4. The van der Waals surface area contributed by atoms with Crippen molar-refractivity contribution >= 4 is 0 Å². The van der Waals surface area contributed by atoms with E-state index >= 15 is 0 Å². The van der Waals surface area contributed by atoms with Crippen LogP contribution < -0.4 is 0 Å². The molecule has 0 heterocycles. The normalized spacial score (nSPS) is 15.2. The molecular formula is C10H16O2. The standard InChI is InChI=1S/C10H16O2/c1-2-3-4-5-6-7-8-10(12)9-11/h2-7,10-12H,8-9H2,1H3. The van der Waals surface area contributed by atoms with Crippen LogP contribution in [-0.4, -0.2) is 22.9 Å². The molecule has 0 aromatic rings. The van der Waals surface area contributed by atoms with E-state index in [1.165, 1.54) is 0 Å². The van der Waals surface area contributed by atoms with Crippen LogP contribution in [0.2, 0.25) is 0 Å². The van der Waals surface area contributed by atoms with Crippen LogP contribution in [0.3, 0.4) is 0 Å². The average Bonchev–Trinajstić information content (AvgIpc) is 2.10. The number of aliphatic hydroxyl groups is 2. The van der Waals surface area contributed by atoms with Crippen LogP contribution in [0.1, 0.15) is 13.3 Å². The van der Waals surface area contributed by atoms with Gasteiger partial charge in [0.2, 0.25) is 0 Å². The highest BCUT2D eigenvalue weighted by Gasteiger charge is 1.95. The van der Waals surface area contributed by atoms with E-state index in [1.807, 2.05) is 43.4 Å². The molecule has 0 bridgehead atoms. The molecule has 1 atom stereocenters. The Bertz CT molecular complexity index is 169. The van der Waals surface area contributed by atoms with Crippen molar-refractivity contribution in [1.29, 1.82) is 0 Å². The summed E-state index contributed by atoms with van der Waals surface area (Å²) < 4.78 is 0. The highest BCUT2D eigenvalue weighted by atomic mass is 16.3. The van der Waals surface area contributed by atoms with Gasteiger partial charge in [-0.25, -0.2) is 0 Å². The van der Waals surface area contributed by atoms with Crippen molar-refractivity contribution in [3.63, 3.8) is 0 Å². The largest absolute Gasteiger partial charge is 0.394 e. The minimum atomic E-state index is -0.628. The molecule has 0 amide bonds. The van der Waals surface area contributed by atoms with Gasteiger partial charge in [-0.05, 0) is 13.3 Å². The zero-order valence-electron chi connectivity index (χ0n) is 7.35. The summed E-state index contributed by atoms with van der Waals surface area (Å²) in [6.07, 6.45) is 11.2. The lowest BCUT2D eigenvalue weighted by atomic mass is 10.2. The molecule has 68 valence electrons. The van der Waals surface area contributed by atoms with Gasteiger partial charge in [-0.15, -0.1) is 0 Å². The van der Waals surface area contributed by atoms with Crippen molar-refractivity contribution in [3.05, 3.63) is 36.5 Å². The van der Waals surface area contributed by atoms with Gasteiger partial charge in [0.15, 0.2) is 0 Å². The fourth-order valence-electron chi connectivity index (χ4n) is 0.628. The van der Waals surface area contributed by atoms with Crippen molar-refractivity contribution in [2.24, 2.45) is 0 Å². The molecular weight excluding hydrogens is 152 g/mol. The third-order valence-electron chi connectivity index (χ3n) is 1.28. The predicted octanol–water partition coefficient (Wildman–Crippen LogP) is 1.42. The smallest absolute Gasteiger partial charge is 0.0805 e. The Morgan fingerprint density at radius 1 is 1.17 bits per heavy atom. The summed E-state index contributed by atoms with van der Waals surface area (Å²) in [5.74, 6) is 0. The lowest BCUT2D eigenvalue weighted by molar-refractivity contribution is 0.0976. The molecule has 0 aromatic heterocycles. The number of allylic oxidation sites excluding steroid dienone is 5. The molecule has 1 unspecified atom stereocenters. The summed E-state index contributed by atoms with van der Waals surface area (Å²) in [4.78, 5) is 0. The third-order valence-corrected chi connectivity index (χ3v) is 1.28. The SMILES string of the molecule is CC=CC=CC=CCC(O)CO. The Labute approximate surface area is 73.5 Å². The Hall–Kier alpha value is -0.860. The maximum absolute atomic E-state index is 8.92. The van der Waals surface area contributed by atoms with Crippen molar-refractivity contribution in [2.45, 2.75) is 19.4 Å². The van der Waals surface area contributed by atoms with Gasteiger partial charge < -0.3 is 10.2 Å². The van der Waals surface area contributed by atoms with Crippen LogP contribution in [0.15, 0.2) is 36.5 Å². The van der Waals surface area contributed by atoms with Crippen LogP contribution in [0, 0.1) is 0 Å². The Balaban J connectivity index is 3.49. The van der Waals surface area contributed by atoms with Crippen LogP contribution in [-0.2, 0) is 0 Å². The molecule has 12 heavy (non-hydrogen) atoms. The number of hydrogen-bond acceptors (Lipinski definition) is 2. The molecule has 0 fully saturated rings. The van der Waals surface area contributed by atoms with Crippen molar-refractivity contribution in [1.82, 2.24) is 0 Å². The second kappa shape index (κ2) is 8.24. The second-order valence-electron chi connectivity index (χ2n) is 2.41. The van der Waals surface area contributed by atoms with E-state index in [1.54, 1.807) is 0 Å². The van der Waals surface area contributed by atoms with E-state index in [-0.39, 0.29) is 6.61 Å². The Morgan fingerprint density at radius 2 is 1.83 bits per heavy atom. The maximum Gasteiger partial charge on any atom is 0.0805 e. The average molecular weight is 168 g/mol. The van der Waals surface area contributed by atoms with Gasteiger partial charge in [-0.2, -0.15) is 0 Å². The van der Waals surface area contributed by atoms with Crippen LogP contribution >= 0.6 is 0 Å². The van der Waals surface area contributed by atoms with Crippen LogP contribution in [0.4, 0.5) is 0 Å². The van der Waals surface area contributed by atoms with Crippen molar-refractivity contribution < 1.29 is 10.2 Å². The molecule has 0 spiro atoms. The summed E-state index contributed by atoms with van der Waals surface area (Å²) in [5.41, 5.74) is 0. The molecule has 0 saturated heterocycles. The van der Waals surface area contributed by atoms with E-state index in [9.17, 15) is 0 Å². The quantitative estimate of drug-likeness (QED) is 0.609.